The summed E-state index contributed by atoms with van der Waals surface area (Å²) in [5.41, 5.74) is 33.2. The molecule has 0 atom stereocenters. The maximum atomic E-state index is 6.32. The Morgan fingerprint density at radius 1 is 0.367 bits per heavy atom. The van der Waals surface area contributed by atoms with E-state index < -0.39 is 0 Å². The number of hydrogen-bond acceptors (Lipinski definition) is 7. The second-order valence-electron chi connectivity index (χ2n) is 17.3. The molecule has 1 aliphatic heterocycles. The van der Waals surface area contributed by atoms with Gasteiger partial charge in [-0.2, -0.15) is 11.8 Å². The van der Waals surface area contributed by atoms with E-state index in [1.165, 1.54) is 218 Å². The summed E-state index contributed by atoms with van der Waals surface area (Å²) in [7, 11) is 1.50. The molecule has 0 amide bonds. The highest BCUT2D eigenvalue weighted by Crippen LogP contribution is 2.54. The molecular formula is C42H88N6S. The van der Waals surface area contributed by atoms with Crippen molar-refractivity contribution in [2.75, 3.05) is 18.6 Å². The van der Waals surface area contributed by atoms with Crippen LogP contribution in [0, 0.1) is 17.8 Å². The SMILES string of the molecule is C1CCCC1.C1CCSCC1.CN.NC12CC3CC(CC(C3)C1)C2.NC1CC1.NC1CCCC1.NC1CCCCC1.NC1CCCCCC1. The smallest absolute Gasteiger partial charge is 0.0162 e. The Hall–Kier alpha value is 0.110. The molecule has 9 saturated carbocycles. The first-order valence-corrected chi connectivity index (χ1v) is 22.9. The lowest BCUT2D eigenvalue weighted by atomic mass is 9.53. The summed E-state index contributed by atoms with van der Waals surface area (Å²) in [6.07, 6.45) is 43.0. The van der Waals surface area contributed by atoms with Crippen molar-refractivity contribution in [3.05, 3.63) is 0 Å². The summed E-state index contributed by atoms with van der Waals surface area (Å²) < 4.78 is 0. The Labute approximate surface area is 310 Å². The fourth-order valence-electron chi connectivity index (χ4n) is 9.25. The second kappa shape index (κ2) is 28.6. The van der Waals surface area contributed by atoms with Gasteiger partial charge in [0.25, 0.3) is 0 Å². The standard InChI is InChI=1S/C10H17N.C7H15N.C6H13N.C5H11N.C5H10S.C5H10.C3H7N.CH5N/c11-10-4-7-1-8(5-10)3-9(2-7)6-10;8-7-5-3-1-2-4-6-7;7-6-4-2-1-3-5-6;6-5-3-1-2-4-5;1-2-4-6-5-3-1;1-2-4-5-3-1;4-3-1-2-3;1-2/h7-9H,1-6,11H2;7H,1-6,8H2;6H,1-5,7H2;5H,1-4,6H2;1-5H2;1-5H2;3H,1-2,4H2;2H2,1H3. The molecule has 0 aromatic heterocycles. The quantitative estimate of drug-likeness (QED) is 0.137. The molecule has 0 spiro atoms. The largest absolute Gasteiger partial charge is 0.333 e. The van der Waals surface area contributed by atoms with E-state index in [-0.39, 0.29) is 0 Å². The van der Waals surface area contributed by atoms with E-state index in [4.69, 9.17) is 28.7 Å². The monoisotopic (exact) mass is 709 g/mol. The van der Waals surface area contributed by atoms with Crippen molar-refractivity contribution in [1.29, 1.82) is 0 Å². The molecule has 10 aliphatic rings. The predicted octanol–water partition coefficient (Wildman–Crippen LogP) is 9.28. The van der Waals surface area contributed by atoms with Gasteiger partial charge in [0, 0.05) is 29.7 Å². The van der Waals surface area contributed by atoms with Gasteiger partial charge in [-0.05, 0) is 139 Å². The van der Waals surface area contributed by atoms with Crippen LogP contribution in [0.2, 0.25) is 0 Å². The Morgan fingerprint density at radius 2 is 0.592 bits per heavy atom. The van der Waals surface area contributed by atoms with Gasteiger partial charge < -0.3 is 34.4 Å². The zero-order valence-electron chi connectivity index (χ0n) is 32.7. The van der Waals surface area contributed by atoms with Crippen LogP contribution >= 0.6 is 11.8 Å². The van der Waals surface area contributed by atoms with E-state index in [2.05, 4.69) is 17.5 Å². The van der Waals surface area contributed by atoms with Gasteiger partial charge in [-0.1, -0.05) is 96.3 Å². The highest BCUT2D eigenvalue weighted by atomic mass is 32.2. The number of hydrogen-bond donors (Lipinski definition) is 6. The van der Waals surface area contributed by atoms with E-state index in [1.807, 2.05) is 0 Å². The lowest BCUT2D eigenvalue weighted by Crippen LogP contribution is -2.55. The summed E-state index contributed by atoms with van der Waals surface area (Å²) in [4.78, 5) is 0. The van der Waals surface area contributed by atoms with Crippen LogP contribution in [0.15, 0.2) is 0 Å². The van der Waals surface area contributed by atoms with Crippen LogP contribution in [-0.2, 0) is 0 Å². The zero-order valence-corrected chi connectivity index (χ0v) is 33.6. The number of thioether (sulfide) groups is 1. The van der Waals surface area contributed by atoms with Gasteiger partial charge in [0.2, 0.25) is 0 Å². The van der Waals surface area contributed by atoms with Gasteiger partial charge in [-0.15, -0.1) is 0 Å². The third kappa shape index (κ3) is 24.1. The van der Waals surface area contributed by atoms with Crippen molar-refractivity contribution in [1.82, 2.24) is 0 Å². The molecule has 7 heteroatoms. The maximum Gasteiger partial charge on any atom is 0.0162 e. The third-order valence-corrected chi connectivity index (χ3v) is 13.1. The van der Waals surface area contributed by atoms with E-state index in [0.29, 0.717) is 29.7 Å². The van der Waals surface area contributed by atoms with E-state index in [9.17, 15) is 0 Å². The van der Waals surface area contributed by atoms with Gasteiger partial charge >= 0.3 is 0 Å². The minimum absolute atomic E-state index is 0.300. The molecule has 10 fully saturated rings. The molecule has 10 rings (SSSR count). The summed E-state index contributed by atoms with van der Waals surface area (Å²) in [5, 5.41) is 0. The summed E-state index contributed by atoms with van der Waals surface area (Å²) in [6, 6.07) is 2.19. The minimum atomic E-state index is 0.300. The molecule has 0 aromatic rings. The van der Waals surface area contributed by atoms with Crippen LogP contribution in [0.1, 0.15) is 199 Å². The molecule has 0 aromatic carbocycles. The lowest BCUT2D eigenvalue weighted by Gasteiger charge is -2.55. The highest BCUT2D eigenvalue weighted by molar-refractivity contribution is 7.99. The van der Waals surface area contributed by atoms with Crippen LogP contribution in [0.4, 0.5) is 0 Å². The average molecular weight is 709 g/mol. The molecule has 292 valence electrons. The summed E-state index contributed by atoms with van der Waals surface area (Å²) in [6.45, 7) is 0. The second-order valence-corrected chi connectivity index (χ2v) is 18.5. The van der Waals surface area contributed by atoms with Crippen molar-refractivity contribution in [3.8, 4) is 0 Å². The van der Waals surface area contributed by atoms with Gasteiger partial charge in [0.1, 0.15) is 0 Å². The predicted molar refractivity (Wildman–Crippen MR) is 220 cm³/mol. The van der Waals surface area contributed by atoms with Crippen molar-refractivity contribution >= 4 is 11.8 Å². The average Bonchev–Trinajstić information content (AvgIpc) is 3.48. The maximum absolute atomic E-state index is 6.32. The van der Waals surface area contributed by atoms with Crippen molar-refractivity contribution in [2.24, 2.45) is 52.2 Å². The molecule has 1 saturated heterocycles. The molecule has 6 nitrogen and oxygen atoms in total. The number of nitrogens with two attached hydrogens (primary N) is 6. The van der Waals surface area contributed by atoms with Gasteiger partial charge in [-0.25, -0.2) is 0 Å². The Morgan fingerprint density at radius 3 is 0.816 bits per heavy atom. The third-order valence-electron chi connectivity index (χ3n) is 12.0. The zero-order chi connectivity index (χ0) is 35.6. The van der Waals surface area contributed by atoms with Crippen molar-refractivity contribution in [2.45, 2.75) is 229 Å². The van der Waals surface area contributed by atoms with Crippen LogP contribution in [0.5, 0.6) is 0 Å². The molecule has 4 bridgehead atoms. The van der Waals surface area contributed by atoms with Crippen molar-refractivity contribution < 1.29 is 0 Å². The van der Waals surface area contributed by atoms with E-state index in [0.717, 1.165) is 17.8 Å². The summed E-state index contributed by atoms with van der Waals surface area (Å²) in [5.74, 6) is 5.89. The molecule has 49 heavy (non-hydrogen) atoms. The molecule has 0 unspecified atom stereocenters. The van der Waals surface area contributed by atoms with Crippen molar-refractivity contribution in [3.63, 3.8) is 0 Å². The molecular weight excluding hydrogens is 621 g/mol. The first kappa shape index (κ1) is 45.3. The first-order chi connectivity index (χ1) is 23.8. The van der Waals surface area contributed by atoms with Crippen LogP contribution < -0.4 is 34.4 Å². The summed E-state index contributed by atoms with van der Waals surface area (Å²) >= 11 is 2.09. The Kier molecular flexibility index (Phi) is 26.4. The fraction of sp³-hybridized carbons (Fsp3) is 1.00. The van der Waals surface area contributed by atoms with Crippen LogP contribution in [0.25, 0.3) is 0 Å². The van der Waals surface area contributed by atoms with E-state index >= 15 is 0 Å². The fourth-order valence-corrected chi connectivity index (χ4v) is 10.3. The molecule has 0 radical (unpaired) electrons. The molecule has 9 aliphatic carbocycles. The van der Waals surface area contributed by atoms with Crippen LogP contribution in [0.3, 0.4) is 0 Å². The van der Waals surface area contributed by atoms with Gasteiger partial charge in [-0.3, -0.25) is 0 Å². The molecule has 12 N–H and O–H groups in total. The topological polar surface area (TPSA) is 156 Å². The van der Waals surface area contributed by atoms with Crippen LogP contribution in [-0.4, -0.2) is 48.3 Å². The minimum Gasteiger partial charge on any atom is -0.333 e. The lowest BCUT2D eigenvalue weighted by molar-refractivity contribution is 0.000364. The van der Waals surface area contributed by atoms with E-state index in [1.54, 1.807) is 0 Å². The van der Waals surface area contributed by atoms with Gasteiger partial charge in [0.15, 0.2) is 0 Å². The molecule has 1 heterocycles. The first-order valence-electron chi connectivity index (χ1n) is 21.8. The highest BCUT2D eigenvalue weighted by Gasteiger charge is 2.48. The number of rotatable bonds is 0. The normalized spacial score (nSPS) is 32.0. The van der Waals surface area contributed by atoms with Gasteiger partial charge in [0.05, 0.1) is 0 Å². The Bertz CT molecular complexity index is 666. The Balaban J connectivity index is 0.000000201.